The third-order valence-corrected chi connectivity index (χ3v) is 4.31. The van der Waals surface area contributed by atoms with Gasteiger partial charge >= 0.3 is 0 Å². The molecule has 1 aliphatic rings. The van der Waals surface area contributed by atoms with Gasteiger partial charge in [-0.3, -0.25) is 9.59 Å². The first-order valence-corrected chi connectivity index (χ1v) is 7.70. The molecule has 0 atom stereocenters. The van der Waals surface area contributed by atoms with Gasteiger partial charge in [-0.2, -0.15) is 0 Å². The molecule has 0 aromatic carbocycles. The maximum atomic E-state index is 12.0. The van der Waals surface area contributed by atoms with Gasteiger partial charge in [0.1, 0.15) is 5.00 Å². The highest BCUT2D eigenvalue weighted by molar-refractivity contribution is 7.18. The molecule has 4 N–H and O–H groups in total. The van der Waals surface area contributed by atoms with Crippen molar-refractivity contribution in [1.29, 1.82) is 0 Å². The summed E-state index contributed by atoms with van der Waals surface area (Å²) in [5.74, 6) is -0.357. The van der Waals surface area contributed by atoms with Crippen molar-refractivity contribution in [3.05, 3.63) is 40.5 Å². The molecule has 114 valence electrons. The third-order valence-electron chi connectivity index (χ3n) is 3.26. The summed E-state index contributed by atoms with van der Waals surface area (Å²) in [6, 6.07) is 5.45. The lowest BCUT2D eigenvalue weighted by atomic mass is 10.1. The molecule has 0 bridgehead atoms. The van der Waals surface area contributed by atoms with E-state index in [-0.39, 0.29) is 18.4 Å². The minimum Gasteiger partial charge on any atom is -0.396 e. The summed E-state index contributed by atoms with van der Waals surface area (Å²) in [4.78, 5) is 27.6. The Balaban J connectivity index is 1.83. The Morgan fingerprint density at radius 2 is 2.32 bits per heavy atom. The van der Waals surface area contributed by atoms with Crippen molar-refractivity contribution in [1.82, 2.24) is 10.3 Å². The summed E-state index contributed by atoms with van der Waals surface area (Å²) in [7, 11) is 0. The van der Waals surface area contributed by atoms with E-state index < -0.39 is 0 Å². The van der Waals surface area contributed by atoms with Crippen molar-refractivity contribution in [2.24, 2.45) is 0 Å². The molecule has 2 aromatic heterocycles. The third kappa shape index (κ3) is 2.81. The number of hydrogen-bond donors (Lipinski definition) is 4. The van der Waals surface area contributed by atoms with E-state index in [1.54, 1.807) is 18.3 Å². The first-order chi connectivity index (χ1) is 10.7. The Kier molecular flexibility index (Phi) is 4.08. The first-order valence-electron chi connectivity index (χ1n) is 6.88. The average Bonchev–Trinajstić information content (AvgIpc) is 3.18. The maximum absolute atomic E-state index is 12.0. The number of H-pyrrole nitrogens is 1. The number of hydrogen-bond acceptors (Lipinski definition) is 4. The van der Waals surface area contributed by atoms with E-state index in [0.29, 0.717) is 28.4 Å². The monoisotopic (exact) mass is 317 g/mol. The second kappa shape index (κ2) is 6.17. The van der Waals surface area contributed by atoms with Crippen LogP contribution in [-0.4, -0.2) is 35.1 Å². The number of aromatic amines is 1. The van der Waals surface area contributed by atoms with Crippen molar-refractivity contribution < 1.29 is 14.7 Å². The Hall–Kier alpha value is -2.38. The summed E-state index contributed by atoms with van der Waals surface area (Å²) < 4.78 is 0. The highest BCUT2D eigenvalue weighted by Gasteiger charge is 2.28. The predicted molar refractivity (Wildman–Crippen MR) is 85.6 cm³/mol. The fourth-order valence-electron chi connectivity index (χ4n) is 2.19. The quantitative estimate of drug-likeness (QED) is 0.499. The fraction of sp³-hybridized carbons (Fsp3) is 0.200. The SMILES string of the molecule is O=C1Nc2sc(C(=O)NCCCO)cc2C1=Cc1ccc[nH]1. The second-order valence-electron chi connectivity index (χ2n) is 4.82. The normalized spacial score (nSPS) is 15.0. The van der Waals surface area contributed by atoms with Crippen LogP contribution < -0.4 is 10.6 Å². The number of carbonyl (C=O) groups excluding carboxylic acids is 2. The standard InChI is InChI=1S/C15H15N3O3S/c19-6-2-5-17-14(21)12-8-11-10(7-9-3-1-4-16-9)13(20)18-15(11)22-12/h1,3-4,7-8,16,19H,2,5-6H2,(H,17,21)(H,18,20). The van der Waals surface area contributed by atoms with Crippen molar-refractivity contribution in [3.63, 3.8) is 0 Å². The molecule has 0 saturated carbocycles. The largest absolute Gasteiger partial charge is 0.396 e. The van der Waals surface area contributed by atoms with E-state index >= 15 is 0 Å². The lowest BCUT2D eigenvalue weighted by Crippen LogP contribution is -2.24. The van der Waals surface area contributed by atoms with E-state index in [9.17, 15) is 9.59 Å². The minimum atomic E-state index is -0.193. The molecule has 2 aromatic rings. The van der Waals surface area contributed by atoms with E-state index in [1.807, 2.05) is 12.1 Å². The van der Waals surface area contributed by atoms with E-state index in [1.165, 1.54) is 11.3 Å². The van der Waals surface area contributed by atoms with Gasteiger partial charge in [0.05, 0.1) is 10.5 Å². The molecule has 3 rings (SSSR count). The van der Waals surface area contributed by atoms with Gasteiger partial charge in [0.15, 0.2) is 0 Å². The fourth-order valence-corrected chi connectivity index (χ4v) is 3.17. The number of rotatable bonds is 5. The van der Waals surface area contributed by atoms with Crippen LogP contribution in [0.4, 0.5) is 5.00 Å². The summed E-state index contributed by atoms with van der Waals surface area (Å²) in [5.41, 5.74) is 2.12. The van der Waals surface area contributed by atoms with Crippen LogP contribution in [0, 0.1) is 0 Å². The van der Waals surface area contributed by atoms with Crippen LogP contribution in [0.3, 0.4) is 0 Å². The number of aliphatic hydroxyl groups excluding tert-OH is 1. The number of carbonyl (C=O) groups is 2. The Morgan fingerprint density at radius 3 is 3.05 bits per heavy atom. The van der Waals surface area contributed by atoms with E-state index in [0.717, 1.165) is 11.3 Å². The van der Waals surface area contributed by atoms with Crippen molar-refractivity contribution >= 4 is 39.8 Å². The molecule has 0 aliphatic carbocycles. The molecule has 0 spiro atoms. The minimum absolute atomic E-state index is 0.0420. The number of fused-ring (bicyclic) bond motifs is 1. The van der Waals surface area contributed by atoms with Gasteiger partial charge in [0.2, 0.25) is 0 Å². The molecular weight excluding hydrogens is 302 g/mol. The van der Waals surface area contributed by atoms with Crippen LogP contribution in [0.25, 0.3) is 11.6 Å². The van der Waals surface area contributed by atoms with Gasteiger partial charge in [-0.25, -0.2) is 0 Å². The Labute approximate surface area is 130 Å². The van der Waals surface area contributed by atoms with Gasteiger partial charge in [-0.1, -0.05) is 0 Å². The molecule has 22 heavy (non-hydrogen) atoms. The van der Waals surface area contributed by atoms with Crippen LogP contribution in [0.15, 0.2) is 24.4 Å². The number of nitrogens with one attached hydrogen (secondary N) is 3. The number of aromatic nitrogens is 1. The highest BCUT2D eigenvalue weighted by atomic mass is 32.1. The van der Waals surface area contributed by atoms with Crippen molar-refractivity contribution in [2.45, 2.75) is 6.42 Å². The molecule has 2 amide bonds. The maximum Gasteiger partial charge on any atom is 0.261 e. The number of aliphatic hydroxyl groups is 1. The Bertz CT molecular complexity index is 731. The van der Waals surface area contributed by atoms with Crippen molar-refractivity contribution in [2.75, 3.05) is 18.5 Å². The van der Waals surface area contributed by atoms with Crippen LogP contribution in [0.1, 0.15) is 27.3 Å². The summed E-state index contributed by atoms with van der Waals surface area (Å²) in [6.45, 7) is 0.468. The number of amides is 2. The van der Waals surface area contributed by atoms with Crippen LogP contribution in [0.2, 0.25) is 0 Å². The zero-order chi connectivity index (χ0) is 15.5. The molecule has 3 heterocycles. The molecule has 0 radical (unpaired) electrons. The highest BCUT2D eigenvalue weighted by Crippen LogP contribution is 2.39. The number of anilines is 1. The second-order valence-corrected chi connectivity index (χ2v) is 5.88. The summed E-state index contributed by atoms with van der Waals surface area (Å²) in [5, 5.41) is 14.9. The molecule has 7 heteroatoms. The first kappa shape index (κ1) is 14.6. The van der Waals surface area contributed by atoms with Crippen LogP contribution in [0.5, 0.6) is 0 Å². The Morgan fingerprint density at radius 1 is 1.45 bits per heavy atom. The summed E-state index contributed by atoms with van der Waals surface area (Å²) >= 11 is 1.25. The summed E-state index contributed by atoms with van der Waals surface area (Å²) in [6.07, 6.45) is 4.07. The zero-order valence-corrected chi connectivity index (χ0v) is 12.5. The van der Waals surface area contributed by atoms with Gasteiger partial charge in [0.25, 0.3) is 11.8 Å². The predicted octanol–water partition coefficient (Wildman–Crippen LogP) is 1.68. The van der Waals surface area contributed by atoms with Gasteiger partial charge in [-0.05, 0) is 30.7 Å². The molecule has 0 fully saturated rings. The van der Waals surface area contributed by atoms with Gasteiger partial charge in [-0.15, -0.1) is 11.3 Å². The van der Waals surface area contributed by atoms with Crippen molar-refractivity contribution in [3.8, 4) is 0 Å². The molecule has 6 nitrogen and oxygen atoms in total. The molecular formula is C15H15N3O3S. The number of thiophene rings is 1. The molecule has 0 saturated heterocycles. The van der Waals surface area contributed by atoms with Gasteiger partial charge < -0.3 is 20.7 Å². The lowest BCUT2D eigenvalue weighted by Gasteiger charge is -2.01. The van der Waals surface area contributed by atoms with E-state index in [2.05, 4.69) is 15.6 Å². The van der Waals surface area contributed by atoms with E-state index in [4.69, 9.17) is 5.11 Å². The molecule has 0 unspecified atom stereocenters. The zero-order valence-electron chi connectivity index (χ0n) is 11.7. The van der Waals surface area contributed by atoms with Crippen LogP contribution in [-0.2, 0) is 4.79 Å². The van der Waals surface area contributed by atoms with Gasteiger partial charge in [0, 0.05) is 30.6 Å². The smallest absolute Gasteiger partial charge is 0.261 e. The lowest BCUT2D eigenvalue weighted by molar-refractivity contribution is -0.110. The topological polar surface area (TPSA) is 94.2 Å². The molecule has 1 aliphatic heterocycles. The average molecular weight is 317 g/mol. The van der Waals surface area contributed by atoms with Crippen LogP contribution >= 0.6 is 11.3 Å².